The van der Waals surface area contributed by atoms with Crippen molar-refractivity contribution >= 4 is 5.91 Å². The van der Waals surface area contributed by atoms with Gasteiger partial charge in [-0.3, -0.25) is 9.69 Å². The first-order valence-corrected chi connectivity index (χ1v) is 7.90. The predicted octanol–water partition coefficient (Wildman–Crippen LogP) is 1.03. The highest BCUT2D eigenvalue weighted by Crippen LogP contribution is 2.19. The Hall–Kier alpha value is -1.53. The molecule has 2 atom stereocenters. The Kier molecular flexibility index (Phi) is 5.47. The molecule has 0 aliphatic carbocycles. The summed E-state index contributed by atoms with van der Waals surface area (Å²) in [5.74, 6) is 0.145. The standard InChI is InChI=1S/C16H26N4O2/c1-10(2)12-5-14(19-17-6-12)16(22)18-15-8-20(11(3)4)7-13(15)9-21/h5-6,10-11,13,15,21H,7-9H2,1-4H3,(H,18,22)/t13-,15-/m1/s1. The third-order valence-corrected chi connectivity index (χ3v) is 4.33. The van der Waals surface area contributed by atoms with Crippen LogP contribution in [0.1, 0.15) is 49.7 Å². The second-order valence-electron chi connectivity index (χ2n) is 6.60. The monoisotopic (exact) mass is 306 g/mol. The molecule has 1 fully saturated rings. The molecule has 2 N–H and O–H groups in total. The number of carbonyl (C=O) groups is 1. The van der Waals surface area contributed by atoms with Crippen LogP contribution in [0.25, 0.3) is 0 Å². The molecule has 0 saturated carbocycles. The molecule has 22 heavy (non-hydrogen) atoms. The molecule has 1 saturated heterocycles. The molecule has 2 heterocycles. The molecule has 0 spiro atoms. The van der Waals surface area contributed by atoms with Crippen LogP contribution in [-0.4, -0.2) is 57.9 Å². The lowest BCUT2D eigenvalue weighted by molar-refractivity contribution is 0.0914. The van der Waals surface area contributed by atoms with E-state index in [-0.39, 0.29) is 24.5 Å². The van der Waals surface area contributed by atoms with Crippen molar-refractivity contribution in [2.24, 2.45) is 5.92 Å². The van der Waals surface area contributed by atoms with Crippen molar-refractivity contribution in [3.63, 3.8) is 0 Å². The topological polar surface area (TPSA) is 78.4 Å². The molecule has 0 radical (unpaired) electrons. The van der Waals surface area contributed by atoms with Crippen LogP contribution >= 0.6 is 0 Å². The minimum atomic E-state index is -0.218. The van der Waals surface area contributed by atoms with Crippen LogP contribution in [0, 0.1) is 5.92 Å². The number of aliphatic hydroxyl groups is 1. The molecule has 0 aromatic carbocycles. The summed E-state index contributed by atoms with van der Waals surface area (Å²) in [4.78, 5) is 14.7. The van der Waals surface area contributed by atoms with E-state index in [1.165, 1.54) is 0 Å². The zero-order chi connectivity index (χ0) is 16.3. The van der Waals surface area contributed by atoms with E-state index in [1.807, 2.05) is 0 Å². The van der Waals surface area contributed by atoms with Crippen molar-refractivity contribution in [2.45, 2.75) is 45.7 Å². The molecule has 1 aliphatic rings. The molecule has 2 rings (SSSR count). The molecule has 1 aliphatic heterocycles. The highest BCUT2D eigenvalue weighted by molar-refractivity contribution is 5.92. The van der Waals surface area contributed by atoms with Gasteiger partial charge in [-0.05, 0) is 31.4 Å². The van der Waals surface area contributed by atoms with Crippen LogP contribution in [0.5, 0.6) is 0 Å². The first-order valence-electron chi connectivity index (χ1n) is 7.90. The highest BCUT2D eigenvalue weighted by atomic mass is 16.3. The van der Waals surface area contributed by atoms with Gasteiger partial charge in [0.2, 0.25) is 0 Å². The van der Waals surface area contributed by atoms with E-state index < -0.39 is 0 Å². The second kappa shape index (κ2) is 7.15. The van der Waals surface area contributed by atoms with E-state index in [0.29, 0.717) is 17.7 Å². The van der Waals surface area contributed by atoms with E-state index in [2.05, 4.69) is 48.1 Å². The van der Waals surface area contributed by atoms with E-state index in [4.69, 9.17) is 0 Å². The molecule has 1 aromatic rings. The Bertz CT molecular complexity index is 519. The molecule has 6 heteroatoms. The summed E-state index contributed by atoms with van der Waals surface area (Å²) >= 11 is 0. The van der Waals surface area contributed by atoms with Gasteiger partial charge in [-0.25, -0.2) is 0 Å². The fourth-order valence-electron chi connectivity index (χ4n) is 2.73. The zero-order valence-electron chi connectivity index (χ0n) is 13.8. The van der Waals surface area contributed by atoms with Crippen molar-refractivity contribution in [2.75, 3.05) is 19.7 Å². The quantitative estimate of drug-likeness (QED) is 0.849. The largest absolute Gasteiger partial charge is 0.396 e. The lowest BCUT2D eigenvalue weighted by atomic mass is 10.0. The maximum atomic E-state index is 12.4. The van der Waals surface area contributed by atoms with Gasteiger partial charge in [0.25, 0.3) is 5.91 Å². The Morgan fingerprint density at radius 3 is 2.73 bits per heavy atom. The van der Waals surface area contributed by atoms with Gasteiger partial charge in [-0.2, -0.15) is 5.10 Å². The van der Waals surface area contributed by atoms with Crippen molar-refractivity contribution in [1.29, 1.82) is 0 Å². The fraction of sp³-hybridized carbons (Fsp3) is 0.688. The minimum Gasteiger partial charge on any atom is -0.396 e. The second-order valence-corrected chi connectivity index (χ2v) is 6.60. The summed E-state index contributed by atoms with van der Waals surface area (Å²) in [6.07, 6.45) is 1.69. The minimum absolute atomic E-state index is 0.0515. The number of nitrogens with one attached hydrogen (secondary N) is 1. The van der Waals surface area contributed by atoms with Gasteiger partial charge in [-0.15, -0.1) is 5.10 Å². The SMILES string of the molecule is CC(C)c1cnnc(C(=O)N[C@@H]2CN(C(C)C)C[C@@H]2CO)c1. The summed E-state index contributed by atoms with van der Waals surface area (Å²) in [7, 11) is 0. The third-order valence-electron chi connectivity index (χ3n) is 4.33. The maximum Gasteiger partial charge on any atom is 0.272 e. The molecule has 0 unspecified atom stereocenters. The van der Waals surface area contributed by atoms with Gasteiger partial charge in [0, 0.05) is 37.7 Å². The van der Waals surface area contributed by atoms with Crippen LogP contribution in [0.3, 0.4) is 0 Å². The maximum absolute atomic E-state index is 12.4. The molecule has 0 bridgehead atoms. The van der Waals surface area contributed by atoms with Crippen LogP contribution in [0.2, 0.25) is 0 Å². The number of hydrogen-bond acceptors (Lipinski definition) is 5. The van der Waals surface area contributed by atoms with Crippen LogP contribution in [0.4, 0.5) is 0 Å². The van der Waals surface area contributed by atoms with Crippen molar-refractivity contribution in [3.8, 4) is 0 Å². The van der Waals surface area contributed by atoms with Gasteiger partial charge < -0.3 is 10.4 Å². The number of aliphatic hydroxyl groups excluding tert-OH is 1. The molecule has 1 aromatic heterocycles. The van der Waals surface area contributed by atoms with E-state index in [9.17, 15) is 9.90 Å². The number of nitrogens with zero attached hydrogens (tertiary/aromatic N) is 3. The Morgan fingerprint density at radius 1 is 1.41 bits per heavy atom. The highest BCUT2D eigenvalue weighted by Gasteiger charge is 2.34. The number of aromatic nitrogens is 2. The average molecular weight is 306 g/mol. The van der Waals surface area contributed by atoms with Crippen LogP contribution in [0.15, 0.2) is 12.3 Å². The van der Waals surface area contributed by atoms with E-state index in [0.717, 1.165) is 18.7 Å². The van der Waals surface area contributed by atoms with E-state index in [1.54, 1.807) is 12.3 Å². The summed E-state index contributed by atoms with van der Waals surface area (Å²) < 4.78 is 0. The number of likely N-dealkylation sites (tertiary alicyclic amines) is 1. The van der Waals surface area contributed by atoms with Gasteiger partial charge >= 0.3 is 0 Å². The molecule has 122 valence electrons. The molecule has 6 nitrogen and oxygen atoms in total. The normalized spacial score (nSPS) is 22.5. The lowest BCUT2D eigenvalue weighted by Gasteiger charge is -2.20. The molecular formula is C16H26N4O2. The average Bonchev–Trinajstić information content (AvgIpc) is 2.90. The number of amides is 1. The summed E-state index contributed by atoms with van der Waals surface area (Å²) in [6, 6.07) is 2.14. The molecular weight excluding hydrogens is 280 g/mol. The summed E-state index contributed by atoms with van der Waals surface area (Å²) in [5.41, 5.74) is 1.33. The van der Waals surface area contributed by atoms with Gasteiger partial charge in [-0.1, -0.05) is 13.8 Å². The van der Waals surface area contributed by atoms with Gasteiger partial charge in [0.1, 0.15) is 0 Å². The third kappa shape index (κ3) is 3.81. The number of hydrogen-bond donors (Lipinski definition) is 2. The van der Waals surface area contributed by atoms with Gasteiger partial charge in [0.15, 0.2) is 5.69 Å². The van der Waals surface area contributed by atoms with E-state index >= 15 is 0 Å². The van der Waals surface area contributed by atoms with Crippen molar-refractivity contribution in [1.82, 2.24) is 20.4 Å². The van der Waals surface area contributed by atoms with Crippen LogP contribution in [-0.2, 0) is 0 Å². The van der Waals surface area contributed by atoms with Crippen molar-refractivity contribution in [3.05, 3.63) is 23.5 Å². The lowest BCUT2D eigenvalue weighted by Crippen LogP contribution is -2.42. The van der Waals surface area contributed by atoms with Crippen molar-refractivity contribution < 1.29 is 9.90 Å². The Labute approximate surface area is 131 Å². The smallest absolute Gasteiger partial charge is 0.272 e. The zero-order valence-corrected chi connectivity index (χ0v) is 13.8. The fourth-order valence-corrected chi connectivity index (χ4v) is 2.73. The Morgan fingerprint density at radius 2 is 2.14 bits per heavy atom. The van der Waals surface area contributed by atoms with Gasteiger partial charge in [0.05, 0.1) is 6.20 Å². The first-order chi connectivity index (χ1) is 10.4. The van der Waals surface area contributed by atoms with Crippen LogP contribution < -0.4 is 5.32 Å². The predicted molar refractivity (Wildman–Crippen MR) is 84.7 cm³/mol. The number of rotatable bonds is 5. The Balaban J connectivity index is 2.06. The summed E-state index contributed by atoms with van der Waals surface area (Å²) in [5, 5.41) is 20.4. The number of carbonyl (C=O) groups excluding carboxylic acids is 1. The summed E-state index contributed by atoms with van der Waals surface area (Å²) in [6.45, 7) is 9.98. The first kappa shape index (κ1) is 16.8. The molecule has 1 amide bonds.